The standard InChI is InChI=1S/C11H17BO/c1-13-12-8-3-2-5-11(8)6-4-7-9(11)10(7)12/h7-10H,2-6H2,1H3. The molecule has 4 fully saturated rings. The summed E-state index contributed by atoms with van der Waals surface area (Å²) in [6.07, 6.45) is 7.57. The van der Waals surface area contributed by atoms with Crippen LogP contribution in [0.15, 0.2) is 0 Å². The van der Waals surface area contributed by atoms with Gasteiger partial charge in [0.05, 0.1) is 0 Å². The maximum Gasteiger partial charge on any atom is 0.300 e. The van der Waals surface area contributed by atoms with Crippen molar-refractivity contribution < 1.29 is 4.65 Å². The van der Waals surface area contributed by atoms with E-state index in [-0.39, 0.29) is 0 Å². The largest absolute Gasteiger partial charge is 0.438 e. The minimum absolute atomic E-state index is 0.667. The first-order valence-electron chi connectivity index (χ1n) is 5.91. The third-order valence-electron chi connectivity index (χ3n) is 5.78. The fourth-order valence-electron chi connectivity index (χ4n) is 5.56. The SMILES string of the molecule is COB1C2C3CCC4(CCCC14)C32. The predicted octanol–water partition coefficient (Wildman–Crippen LogP) is 2.59. The summed E-state index contributed by atoms with van der Waals surface area (Å²) in [5.41, 5.74) is 0.802. The molecule has 0 aromatic heterocycles. The molecule has 1 nitrogen and oxygen atoms in total. The van der Waals surface area contributed by atoms with Gasteiger partial charge < -0.3 is 4.65 Å². The van der Waals surface area contributed by atoms with Crippen molar-refractivity contribution in [2.75, 3.05) is 7.11 Å². The van der Waals surface area contributed by atoms with Gasteiger partial charge in [-0.1, -0.05) is 12.8 Å². The first kappa shape index (κ1) is 7.33. The molecule has 4 rings (SSSR count). The lowest BCUT2D eigenvalue weighted by Crippen LogP contribution is -2.27. The van der Waals surface area contributed by atoms with Crippen molar-refractivity contribution in [3.63, 3.8) is 0 Å². The average Bonchev–Trinajstić information content (AvgIpc) is 2.50. The Morgan fingerprint density at radius 1 is 1.31 bits per heavy atom. The van der Waals surface area contributed by atoms with Crippen LogP contribution in [0.2, 0.25) is 11.6 Å². The second-order valence-corrected chi connectivity index (χ2v) is 5.74. The number of hydrogen-bond donors (Lipinski definition) is 0. The van der Waals surface area contributed by atoms with Crippen molar-refractivity contribution in [2.45, 2.75) is 43.7 Å². The molecule has 0 N–H and O–H groups in total. The van der Waals surface area contributed by atoms with E-state index >= 15 is 0 Å². The maximum atomic E-state index is 5.75. The van der Waals surface area contributed by atoms with Crippen molar-refractivity contribution in [1.29, 1.82) is 0 Å². The Bertz CT molecular complexity index is 263. The highest BCUT2D eigenvalue weighted by Crippen LogP contribution is 2.84. The normalized spacial score (nSPS) is 61.2. The zero-order valence-corrected chi connectivity index (χ0v) is 8.33. The molecule has 0 aromatic rings. The Morgan fingerprint density at radius 2 is 2.23 bits per heavy atom. The summed E-state index contributed by atoms with van der Waals surface area (Å²) < 4.78 is 5.75. The van der Waals surface area contributed by atoms with Gasteiger partial charge in [0, 0.05) is 7.11 Å². The highest BCUT2D eigenvalue weighted by molar-refractivity contribution is 6.58. The molecule has 1 heterocycles. The van der Waals surface area contributed by atoms with Gasteiger partial charge in [0.2, 0.25) is 0 Å². The van der Waals surface area contributed by atoms with E-state index in [4.69, 9.17) is 4.65 Å². The molecule has 3 aliphatic carbocycles. The molecule has 13 heavy (non-hydrogen) atoms. The van der Waals surface area contributed by atoms with Crippen molar-refractivity contribution in [1.82, 2.24) is 0 Å². The summed E-state index contributed by atoms with van der Waals surface area (Å²) in [5, 5.41) is 0. The summed E-state index contributed by atoms with van der Waals surface area (Å²) >= 11 is 0. The van der Waals surface area contributed by atoms with Gasteiger partial charge in [-0.05, 0) is 48.1 Å². The van der Waals surface area contributed by atoms with E-state index in [0.29, 0.717) is 6.92 Å². The lowest BCUT2D eigenvalue weighted by molar-refractivity contribution is 0.270. The van der Waals surface area contributed by atoms with Crippen LogP contribution in [0.4, 0.5) is 0 Å². The molecule has 0 radical (unpaired) electrons. The Balaban J connectivity index is 1.80. The van der Waals surface area contributed by atoms with Gasteiger partial charge in [-0.25, -0.2) is 0 Å². The Morgan fingerprint density at radius 3 is 3.08 bits per heavy atom. The molecule has 0 bridgehead atoms. The molecule has 2 heteroatoms. The third-order valence-corrected chi connectivity index (χ3v) is 5.78. The van der Waals surface area contributed by atoms with Crippen LogP contribution >= 0.6 is 0 Å². The number of fused-ring (bicyclic) bond motifs is 1. The van der Waals surface area contributed by atoms with Crippen LogP contribution in [0, 0.1) is 17.3 Å². The Labute approximate surface area is 80.3 Å². The molecule has 3 saturated carbocycles. The highest BCUT2D eigenvalue weighted by Gasteiger charge is 2.78. The summed E-state index contributed by atoms with van der Waals surface area (Å²) in [5.74, 6) is 4.18. The Hall–Kier alpha value is 0.0249. The second kappa shape index (κ2) is 2.00. The zero-order chi connectivity index (χ0) is 8.63. The van der Waals surface area contributed by atoms with Crippen LogP contribution in [0.1, 0.15) is 32.1 Å². The molecule has 0 aromatic carbocycles. The topological polar surface area (TPSA) is 9.23 Å². The fraction of sp³-hybridized carbons (Fsp3) is 1.00. The van der Waals surface area contributed by atoms with E-state index in [1.54, 1.807) is 6.42 Å². The fourth-order valence-corrected chi connectivity index (χ4v) is 5.56. The van der Waals surface area contributed by atoms with E-state index in [2.05, 4.69) is 0 Å². The van der Waals surface area contributed by atoms with Gasteiger partial charge in [0.1, 0.15) is 0 Å². The van der Waals surface area contributed by atoms with Crippen LogP contribution in [0.25, 0.3) is 0 Å². The molecule has 1 saturated heterocycles. The molecule has 1 spiro atoms. The van der Waals surface area contributed by atoms with Gasteiger partial charge >= 0.3 is 0 Å². The lowest BCUT2D eigenvalue weighted by atomic mass is 9.50. The van der Waals surface area contributed by atoms with E-state index in [0.717, 1.165) is 28.9 Å². The molecule has 5 atom stereocenters. The maximum absolute atomic E-state index is 5.75. The summed E-state index contributed by atoms with van der Waals surface area (Å²) in [4.78, 5) is 0. The number of hydrogen-bond acceptors (Lipinski definition) is 1. The first-order chi connectivity index (χ1) is 6.38. The average molecular weight is 176 g/mol. The number of rotatable bonds is 1. The summed E-state index contributed by atoms with van der Waals surface area (Å²) in [7, 11) is 1.94. The molecular formula is C11H17BO. The van der Waals surface area contributed by atoms with Crippen molar-refractivity contribution in [3.05, 3.63) is 0 Å². The van der Waals surface area contributed by atoms with E-state index in [1.165, 1.54) is 25.7 Å². The quantitative estimate of drug-likeness (QED) is 0.558. The van der Waals surface area contributed by atoms with Gasteiger partial charge in [0.25, 0.3) is 6.92 Å². The van der Waals surface area contributed by atoms with E-state index < -0.39 is 0 Å². The zero-order valence-electron chi connectivity index (χ0n) is 8.33. The van der Waals surface area contributed by atoms with Crippen LogP contribution in [0.3, 0.4) is 0 Å². The summed E-state index contributed by atoms with van der Waals surface area (Å²) in [6.45, 7) is 0.667. The molecule has 70 valence electrons. The third kappa shape index (κ3) is 0.596. The lowest BCUT2D eigenvalue weighted by Gasteiger charge is -2.29. The van der Waals surface area contributed by atoms with Crippen molar-refractivity contribution in [3.8, 4) is 0 Å². The van der Waals surface area contributed by atoms with E-state index in [1.807, 2.05) is 7.11 Å². The van der Waals surface area contributed by atoms with Crippen LogP contribution in [0.5, 0.6) is 0 Å². The van der Waals surface area contributed by atoms with Crippen molar-refractivity contribution >= 4 is 6.92 Å². The molecular weight excluding hydrogens is 159 g/mol. The van der Waals surface area contributed by atoms with E-state index in [9.17, 15) is 0 Å². The molecule has 1 aliphatic heterocycles. The van der Waals surface area contributed by atoms with Gasteiger partial charge in [-0.2, -0.15) is 0 Å². The van der Waals surface area contributed by atoms with Crippen LogP contribution in [-0.4, -0.2) is 14.0 Å². The van der Waals surface area contributed by atoms with Gasteiger partial charge in [-0.15, -0.1) is 0 Å². The monoisotopic (exact) mass is 176 g/mol. The van der Waals surface area contributed by atoms with Gasteiger partial charge in [-0.3, -0.25) is 0 Å². The Kier molecular flexibility index (Phi) is 1.13. The summed E-state index contributed by atoms with van der Waals surface area (Å²) in [6, 6.07) is 0. The van der Waals surface area contributed by atoms with Gasteiger partial charge in [0.15, 0.2) is 0 Å². The minimum Gasteiger partial charge on any atom is -0.438 e. The molecule has 0 amide bonds. The van der Waals surface area contributed by atoms with Crippen molar-refractivity contribution in [2.24, 2.45) is 17.3 Å². The first-order valence-corrected chi connectivity index (χ1v) is 5.91. The highest BCUT2D eigenvalue weighted by atomic mass is 16.4. The van der Waals surface area contributed by atoms with Crippen LogP contribution in [-0.2, 0) is 4.65 Å². The smallest absolute Gasteiger partial charge is 0.300 e. The molecule has 5 unspecified atom stereocenters. The second-order valence-electron chi connectivity index (χ2n) is 5.74. The van der Waals surface area contributed by atoms with Crippen LogP contribution < -0.4 is 0 Å². The molecule has 4 aliphatic rings. The predicted molar refractivity (Wildman–Crippen MR) is 52.8 cm³/mol. The minimum atomic E-state index is 0.667.